The Balaban J connectivity index is 1.23. The Bertz CT molecular complexity index is 849. The van der Waals surface area contributed by atoms with Crippen LogP contribution in [0.5, 0.6) is 0 Å². The van der Waals surface area contributed by atoms with Crippen molar-refractivity contribution < 1.29 is 14.3 Å². The van der Waals surface area contributed by atoms with Gasteiger partial charge in [0.1, 0.15) is 0 Å². The molecule has 0 spiro atoms. The molecule has 10 nitrogen and oxygen atoms in total. The molecule has 2 amide bonds. The zero-order valence-electron chi connectivity index (χ0n) is 16.7. The van der Waals surface area contributed by atoms with Gasteiger partial charge in [0.25, 0.3) is 0 Å². The number of carbonyl (C=O) groups excluding carboxylic acids is 2. The highest BCUT2D eigenvalue weighted by molar-refractivity contribution is 7.99. The van der Waals surface area contributed by atoms with E-state index in [2.05, 4.69) is 20.4 Å². The number of piperazine rings is 1. The molecule has 4 rings (SSSR count). The van der Waals surface area contributed by atoms with E-state index in [1.807, 2.05) is 40.1 Å². The van der Waals surface area contributed by atoms with Crippen molar-refractivity contribution in [2.24, 2.45) is 0 Å². The van der Waals surface area contributed by atoms with E-state index in [4.69, 9.17) is 4.74 Å². The van der Waals surface area contributed by atoms with Gasteiger partial charge in [0, 0.05) is 39.3 Å². The number of carbonyl (C=O) groups is 2. The largest absolute Gasteiger partial charge is 0.378 e. The number of tetrazole rings is 1. The summed E-state index contributed by atoms with van der Waals surface area (Å²) in [5.74, 6) is 0.475. The molecule has 2 fully saturated rings. The molecule has 0 unspecified atom stereocenters. The summed E-state index contributed by atoms with van der Waals surface area (Å²) in [5.41, 5.74) is 0.857. The van der Waals surface area contributed by atoms with Crippen LogP contribution in [0.4, 0.5) is 0 Å². The third-order valence-electron chi connectivity index (χ3n) is 5.21. The standard InChI is InChI=1S/C19H25N7O3S/c27-17(25-10-12-29-13-11-25)14-23-6-8-24(9-7-23)18(28)15-30-19-20-21-22-26(19)16-4-2-1-3-5-16/h1-5H,6-15H2. The first-order valence-electron chi connectivity index (χ1n) is 10.0. The first-order chi connectivity index (χ1) is 14.7. The maximum Gasteiger partial charge on any atom is 0.236 e. The Morgan fingerprint density at radius 2 is 1.63 bits per heavy atom. The molecule has 160 valence electrons. The predicted octanol–water partition coefficient (Wildman–Crippen LogP) is -0.243. The van der Waals surface area contributed by atoms with Crippen LogP contribution in [0.1, 0.15) is 0 Å². The van der Waals surface area contributed by atoms with E-state index in [1.54, 1.807) is 4.68 Å². The average molecular weight is 432 g/mol. The fourth-order valence-electron chi connectivity index (χ4n) is 3.48. The van der Waals surface area contributed by atoms with Crippen LogP contribution in [0.3, 0.4) is 0 Å². The van der Waals surface area contributed by atoms with Gasteiger partial charge in [-0.3, -0.25) is 14.5 Å². The molecule has 1 aromatic heterocycles. The van der Waals surface area contributed by atoms with Gasteiger partial charge < -0.3 is 14.5 Å². The first-order valence-corrected chi connectivity index (χ1v) is 11.0. The molecule has 0 saturated carbocycles. The highest BCUT2D eigenvalue weighted by Crippen LogP contribution is 2.18. The lowest BCUT2D eigenvalue weighted by Crippen LogP contribution is -2.53. The number of nitrogens with zero attached hydrogens (tertiary/aromatic N) is 7. The number of para-hydroxylation sites is 1. The minimum Gasteiger partial charge on any atom is -0.378 e. The maximum absolute atomic E-state index is 12.6. The number of thioether (sulfide) groups is 1. The lowest BCUT2D eigenvalue weighted by Gasteiger charge is -2.36. The summed E-state index contributed by atoms with van der Waals surface area (Å²) in [4.78, 5) is 30.8. The Morgan fingerprint density at radius 3 is 2.37 bits per heavy atom. The summed E-state index contributed by atoms with van der Waals surface area (Å²) in [6, 6.07) is 9.59. The zero-order valence-corrected chi connectivity index (χ0v) is 17.5. The molecule has 0 N–H and O–H groups in total. The smallest absolute Gasteiger partial charge is 0.236 e. The lowest BCUT2D eigenvalue weighted by atomic mass is 10.3. The molecule has 0 aliphatic carbocycles. The van der Waals surface area contributed by atoms with Crippen molar-refractivity contribution in [3.05, 3.63) is 30.3 Å². The van der Waals surface area contributed by atoms with E-state index in [0.717, 1.165) is 5.69 Å². The van der Waals surface area contributed by atoms with E-state index < -0.39 is 0 Å². The first kappa shape index (κ1) is 20.8. The van der Waals surface area contributed by atoms with E-state index in [1.165, 1.54) is 11.8 Å². The van der Waals surface area contributed by atoms with Crippen LogP contribution in [0.15, 0.2) is 35.5 Å². The minimum absolute atomic E-state index is 0.0572. The molecular formula is C19H25N7O3S. The highest BCUT2D eigenvalue weighted by Gasteiger charge is 2.25. The Labute approximate surface area is 179 Å². The summed E-state index contributed by atoms with van der Waals surface area (Å²) in [5, 5.41) is 12.4. The quantitative estimate of drug-likeness (QED) is 0.578. The molecule has 30 heavy (non-hydrogen) atoms. The van der Waals surface area contributed by atoms with E-state index in [0.29, 0.717) is 64.2 Å². The van der Waals surface area contributed by atoms with Gasteiger partial charge in [0.2, 0.25) is 17.0 Å². The SMILES string of the molecule is O=C(CSc1nnnn1-c1ccccc1)N1CCN(CC(=O)N2CCOCC2)CC1. The third kappa shape index (κ3) is 5.15. The molecule has 11 heteroatoms. The number of rotatable bonds is 6. The van der Waals surface area contributed by atoms with Crippen molar-refractivity contribution in [3.63, 3.8) is 0 Å². The molecule has 0 atom stereocenters. The van der Waals surface area contributed by atoms with Crippen LogP contribution in [0.25, 0.3) is 5.69 Å². The van der Waals surface area contributed by atoms with Crippen LogP contribution in [0, 0.1) is 0 Å². The van der Waals surface area contributed by atoms with Crippen LogP contribution in [-0.4, -0.2) is 112 Å². The van der Waals surface area contributed by atoms with E-state index in [9.17, 15) is 9.59 Å². The molecule has 0 radical (unpaired) electrons. The van der Waals surface area contributed by atoms with Gasteiger partial charge in [0.15, 0.2) is 0 Å². The summed E-state index contributed by atoms with van der Waals surface area (Å²) >= 11 is 1.33. The fourth-order valence-corrected chi connectivity index (χ4v) is 4.27. The second-order valence-corrected chi connectivity index (χ2v) is 8.09. The highest BCUT2D eigenvalue weighted by atomic mass is 32.2. The third-order valence-corrected chi connectivity index (χ3v) is 6.12. The number of benzene rings is 1. The topological polar surface area (TPSA) is 96.7 Å². The Morgan fingerprint density at radius 1 is 0.933 bits per heavy atom. The van der Waals surface area contributed by atoms with Crippen molar-refractivity contribution in [2.75, 3.05) is 64.8 Å². The average Bonchev–Trinajstić information content (AvgIpc) is 3.28. The van der Waals surface area contributed by atoms with Gasteiger partial charge in [0.05, 0.1) is 31.2 Å². The minimum atomic E-state index is 0.0572. The van der Waals surface area contributed by atoms with Gasteiger partial charge in [-0.15, -0.1) is 5.10 Å². The number of ether oxygens (including phenoxy) is 1. The van der Waals surface area contributed by atoms with Crippen molar-refractivity contribution in [3.8, 4) is 5.69 Å². The second-order valence-electron chi connectivity index (χ2n) is 7.15. The number of amides is 2. The maximum atomic E-state index is 12.6. The van der Waals surface area contributed by atoms with E-state index >= 15 is 0 Å². The van der Waals surface area contributed by atoms with Crippen LogP contribution < -0.4 is 0 Å². The number of hydrogen-bond donors (Lipinski definition) is 0. The summed E-state index contributed by atoms with van der Waals surface area (Å²) in [6.45, 7) is 5.61. The second kappa shape index (κ2) is 10.0. The van der Waals surface area contributed by atoms with Crippen LogP contribution >= 0.6 is 11.8 Å². The monoisotopic (exact) mass is 431 g/mol. The van der Waals surface area contributed by atoms with Gasteiger partial charge >= 0.3 is 0 Å². The van der Waals surface area contributed by atoms with Crippen LogP contribution in [-0.2, 0) is 14.3 Å². The molecule has 1 aromatic carbocycles. The molecule has 2 aliphatic heterocycles. The van der Waals surface area contributed by atoms with Crippen molar-refractivity contribution in [1.29, 1.82) is 0 Å². The normalized spacial score (nSPS) is 17.9. The zero-order chi connectivity index (χ0) is 20.8. The fraction of sp³-hybridized carbons (Fsp3) is 0.526. The lowest BCUT2D eigenvalue weighted by molar-refractivity contribution is -0.137. The van der Waals surface area contributed by atoms with Gasteiger partial charge in [-0.05, 0) is 22.6 Å². The number of morpholine rings is 1. The number of hydrogen-bond acceptors (Lipinski definition) is 8. The Kier molecular flexibility index (Phi) is 6.92. The molecule has 3 heterocycles. The van der Waals surface area contributed by atoms with Gasteiger partial charge in [-0.25, -0.2) is 0 Å². The molecule has 0 bridgehead atoms. The Hall–Kier alpha value is -2.50. The van der Waals surface area contributed by atoms with Crippen molar-refractivity contribution in [2.45, 2.75) is 5.16 Å². The van der Waals surface area contributed by atoms with Crippen molar-refractivity contribution >= 4 is 23.6 Å². The summed E-state index contributed by atoms with van der Waals surface area (Å²) < 4.78 is 6.93. The molecule has 2 aromatic rings. The molecular weight excluding hydrogens is 406 g/mol. The molecule has 2 saturated heterocycles. The number of aromatic nitrogens is 4. The van der Waals surface area contributed by atoms with E-state index in [-0.39, 0.29) is 17.6 Å². The summed E-state index contributed by atoms with van der Waals surface area (Å²) in [6.07, 6.45) is 0. The molecule has 2 aliphatic rings. The summed E-state index contributed by atoms with van der Waals surface area (Å²) in [7, 11) is 0. The van der Waals surface area contributed by atoms with Crippen molar-refractivity contribution in [1.82, 2.24) is 34.9 Å². The van der Waals surface area contributed by atoms with Crippen LogP contribution in [0.2, 0.25) is 0 Å². The predicted molar refractivity (Wildman–Crippen MR) is 110 cm³/mol. The van der Waals surface area contributed by atoms with Gasteiger partial charge in [-0.2, -0.15) is 4.68 Å². The van der Waals surface area contributed by atoms with Gasteiger partial charge in [-0.1, -0.05) is 30.0 Å².